The van der Waals surface area contributed by atoms with Gasteiger partial charge >= 0.3 is 5.97 Å². The van der Waals surface area contributed by atoms with E-state index >= 15 is 0 Å². The molecule has 144 valence electrons. The molecule has 7 nitrogen and oxygen atoms in total. The van der Waals surface area contributed by atoms with Gasteiger partial charge in [0.1, 0.15) is 11.3 Å². The largest absolute Gasteiger partial charge is 0.478 e. The van der Waals surface area contributed by atoms with E-state index in [1.807, 2.05) is 26.0 Å². The summed E-state index contributed by atoms with van der Waals surface area (Å²) in [6, 6.07) is 8.45. The fourth-order valence-electron chi connectivity index (χ4n) is 2.72. The Balaban J connectivity index is 2.09. The van der Waals surface area contributed by atoms with Crippen molar-refractivity contribution in [2.45, 2.75) is 46.7 Å². The highest BCUT2D eigenvalue weighted by atomic mass is 16.4. The fraction of sp³-hybridized carbons (Fsp3) is 0.350. The lowest BCUT2D eigenvalue weighted by molar-refractivity contribution is -0.131. The van der Waals surface area contributed by atoms with E-state index < -0.39 is 11.9 Å². The lowest BCUT2D eigenvalue weighted by Crippen LogP contribution is -2.34. The van der Waals surface area contributed by atoms with E-state index in [0.29, 0.717) is 18.7 Å². The smallest absolute Gasteiger partial charge is 0.339 e. The molecule has 1 aromatic carbocycles. The summed E-state index contributed by atoms with van der Waals surface area (Å²) in [5, 5.41) is 11.8. The number of nitrogens with zero attached hydrogens (tertiary/aromatic N) is 1. The van der Waals surface area contributed by atoms with Crippen LogP contribution in [0, 0.1) is 0 Å². The van der Waals surface area contributed by atoms with Crippen molar-refractivity contribution in [2.75, 3.05) is 5.32 Å². The number of aromatic carboxylic acids is 1. The molecule has 0 fully saturated rings. The number of hydrogen-bond acceptors (Lipinski definition) is 4. The number of aryl methyl sites for hydroxylation is 1. The van der Waals surface area contributed by atoms with Crippen LogP contribution >= 0.6 is 0 Å². The zero-order chi connectivity index (χ0) is 20.1. The molecule has 1 heterocycles. The highest BCUT2D eigenvalue weighted by Crippen LogP contribution is 2.19. The van der Waals surface area contributed by atoms with E-state index in [1.54, 1.807) is 24.0 Å². The Kier molecular flexibility index (Phi) is 6.39. The number of nitrogens with one attached hydrogen (secondary N) is 1. The topological polar surface area (TPSA) is 99.9 Å². The monoisotopic (exact) mass is 372 g/mol. The molecule has 0 saturated heterocycles. The number of anilines is 1. The number of amides is 2. The Morgan fingerprint density at radius 3 is 2.26 bits per heavy atom. The summed E-state index contributed by atoms with van der Waals surface area (Å²) >= 11 is 0. The quantitative estimate of drug-likeness (QED) is 0.774. The maximum Gasteiger partial charge on any atom is 0.339 e. The normalized spacial score (nSPS) is 10.7. The molecule has 0 bridgehead atoms. The molecule has 7 heteroatoms. The van der Waals surface area contributed by atoms with Gasteiger partial charge in [-0.05, 0) is 31.5 Å². The number of carbonyl (C=O) groups is 3. The van der Waals surface area contributed by atoms with Gasteiger partial charge in [-0.1, -0.05) is 19.1 Å². The van der Waals surface area contributed by atoms with E-state index in [1.165, 1.54) is 13.0 Å². The van der Waals surface area contributed by atoms with Crippen LogP contribution in [0.2, 0.25) is 0 Å². The minimum Gasteiger partial charge on any atom is -0.478 e. The number of carboxylic acids is 1. The maximum absolute atomic E-state index is 12.3. The zero-order valence-corrected chi connectivity index (χ0v) is 15.9. The van der Waals surface area contributed by atoms with Crippen molar-refractivity contribution in [1.29, 1.82) is 0 Å². The molecular formula is C20H24N2O5. The molecule has 1 aromatic heterocycles. The standard InChI is InChI=1S/C20H24N2O5/c1-5-17-16(20(25)26)10-18(27-17)19(24)21-15-8-6-14(7-9-15)11-22(12(2)3)13(4)23/h6-10,12H,5,11H2,1-4H3,(H,21,24)(H,25,26). The number of carboxylic acid groups (broad SMARTS) is 1. The van der Waals surface area contributed by atoms with E-state index in [-0.39, 0.29) is 29.0 Å². The van der Waals surface area contributed by atoms with Crippen molar-refractivity contribution >= 4 is 23.5 Å². The Hall–Kier alpha value is -3.09. The van der Waals surface area contributed by atoms with Crippen LogP contribution in [0.25, 0.3) is 0 Å². The first-order valence-electron chi connectivity index (χ1n) is 8.76. The number of furan rings is 1. The van der Waals surface area contributed by atoms with Crippen molar-refractivity contribution < 1.29 is 23.9 Å². The van der Waals surface area contributed by atoms with Crippen LogP contribution in [-0.4, -0.2) is 33.8 Å². The van der Waals surface area contributed by atoms with Gasteiger partial charge in [-0.3, -0.25) is 9.59 Å². The Morgan fingerprint density at radius 1 is 1.19 bits per heavy atom. The fourth-order valence-corrected chi connectivity index (χ4v) is 2.72. The first-order valence-corrected chi connectivity index (χ1v) is 8.76. The molecule has 0 aliphatic carbocycles. The molecule has 0 radical (unpaired) electrons. The summed E-state index contributed by atoms with van der Waals surface area (Å²) in [5.41, 5.74) is 1.49. The van der Waals surface area contributed by atoms with Crippen molar-refractivity contribution in [3.05, 3.63) is 53.0 Å². The van der Waals surface area contributed by atoms with Gasteiger partial charge in [-0.2, -0.15) is 0 Å². The average molecular weight is 372 g/mol. The summed E-state index contributed by atoms with van der Waals surface area (Å²) < 4.78 is 5.35. The molecule has 0 aliphatic heterocycles. The van der Waals surface area contributed by atoms with Gasteiger partial charge in [0, 0.05) is 37.7 Å². The van der Waals surface area contributed by atoms with Crippen LogP contribution in [0.3, 0.4) is 0 Å². The Bertz CT molecular complexity index is 837. The second-order valence-corrected chi connectivity index (χ2v) is 6.50. The molecule has 2 aromatic rings. The van der Waals surface area contributed by atoms with Gasteiger partial charge < -0.3 is 19.7 Å². The highest BCUT2D eigenvalue weighted by molar-refractivity contribution is 6.04. The van der Waals surface area contributed by atoms with Gasteiger partial charge in [-0.25, -0.2) is 4.79 Å². The number of carbonyl (C=O) groups excluding carboxylic acids is 2. The molecule has 2 N–H and O–H groups in total. The zero-order valence-electron chi connectivity index (χ0n) is 15.9. The van der Waals surface area contributed by atoms with Gasteiger partial charge in [0.25, 0.3) is 5.91 Å². The highest BCUT2D eigenvalue weighted by Gasteiger charge is 2.20. The molecule has 27 heavy (non-hydrogen) atoms. The van der Waals surface area contributed by atoms with Crippen molar-refractivity contribution in [3.8, 4) is 0 Å². The second-order valence-electron chi connectivity index (χ2n) is 6.50. The third-order valence-electron chi connectivity index (χ3n) is 4.18. The van der Waals surface area contributed by atoms with Crippen LogP contribution in [-0.2, 0) is 17.8 Å². The lowest BCUT2D eigenvalue weighted by atomic mass is 10.1. The summed E-state index contributed by atoms with van der Waals surface area (Å²) in [4.78, 5) is 36.9. The Morgan fingerprint density at radius 2 is 1.81 bits per heavy atom. The number of rotatable bonds is 7. The second kappa shape index (κ2) is 8.53. The molecule has 0 spiro atoms. The van der Waals surface area contributed by atoms with Crippen molar-refractivity contribution in [2.24, 2.45) is 0 Å². The van der Waals surface area contributed by atoms with E-state index in [4.69, 9.17) is 9.52 Å². The SMILES string of the molecule is CCc1oc(C(=O)Nc2ccc(CN(C(C)=O)C(C)C)cc2)cc1C(=O)O. The third kappa shape index (κ3) is 4.97. The van der Waals surface area contributed by atoms with Gasteiger partial charge in [0.2, 0.25) is 5.91 Å². The molecule has 0 unspecified atom stereocenters. The van der Waals surface area contributed by atoms with Crippen LogP contribution in [0.4, 0.5) is 5.69 Å². The van der Waals surface area contributed by atoms with E-state index in [0.717, 1.165) is 5.56 Å². The van der Waals surface area contributed by atoms with Gasteiger partial charge in [-0.15, -0.1) is 0 Å². The Labute approximate surface area is 158 Å². The molecule has 2 amide bonds. The lowest BCUT2D eigenvalue weighted by Gasteiger charge is -2.25. The summed E-state index contributed by atoms with van der Waals surface area (Å²) in [7, 11) is 0. The molecular weight excluding hydrogens is 348 g/mol. The third-order valence-corrected chi connectivity index (χ3v) is 4.18. The van der Waals surface area contributed by atoms with Crippen LogP contribution < -0.4 is 5.32 Å². The first-order chi connectivity index (χ1) is 12.7. The molecule has 0 aliphatic rings. The number of benzene rings is 1. The maximum atomic E-state index is 12.3. The molecule has 0 atom stereocenters. The van der Waals surface area contributed by atoms with Crippen molar-refractivity contribution in [3.63, 3.8) is 0 Å². The number of hydrogen-bond donors (Lipinski definition) is 2. The summed E-state index contributed by atoms with van der Waals surface area (Å²) in [6.07, 6.45) is 0.381. The minimum absolute atomic E-state index is 0.00108. The minimum atomic E-state index is -1.13. The van der Waals surface area contributed by atoms with Crippen LogP contribution in [0.1, 0.15) is 59.9 Å². The van der Waals surface area contributed by atoms with Crippen LogP contribution in [0.5, 0.6) is 0 Å². The van der Waals surface area contributed by atoms with Gasteiger partial charge in [0.15, 0.2) is 5.76 Å². The first kappa shape index (κ1) is 20.2. The van der Waals surface area contributed by atoms with E-state index in [2.05, 4.69) is 5.32 Å². The van der Waals surface area contributed by atoms with E-state index in [9.17, 15) is 14.4 Å². The summed E-state index contributed by atoms with van der Waals surface area (Å²) in [6.45, 7) is 7.69. The van der Waals surface area contributed by atoms with Gasteiger partial charge in [0.05, 0.1) is 0 Å². The average Bonchev–Trinajstić information content (AvgIpc) is 3.05. The predicted octanol–water partition coefficient (Wildman–Crippen LogP) is 3.55. The van der Waals surface area contributed by atoms with Crippen LogP contribution in [0.15, 0.2) is 34.7 Å². The molecule has 2 rings (SSSR count). The summed E-state index contributed by atoms with van der Waals surface area (Å²) in [5.74, 6) is -1.42. The van der Waals surface area contributed by atoms with Crippen molar-refractivity contribution in [1.82, 2.24) is 4.90 Å². The predicted molar refractivity (Wildman–Crippen MR) is 101 cm³/mol. The molecule has 0 saturated carbocycles.